The molecule has 27 heavy (non-hydrogen) atoms. The van der Waals surface area contributed by atoms with Crippen LogP contribution in [0.2, 0.25) is 0 Å². The average molecular weight is 367 g/mol. The van der Waals surface area contributed by atoms with Crippen molar-refractivity contribution in [3.8, 4) is 11.1 Å². The molecule has 1 N–H and O–H groups in total. The van der Waals surface area contributed by atoms with Crippen molar-refractivity contribution in [3.63, 3.8) is 0 Å². The molecule has 2 aromatic rings. The van der Waals surface area contributed by atoms with Crippen LogP contribution in [0.1, 0.15) is 43.0 Å². The Balaban J connectivity index is 1.66. The molecule has 1 amide bonds. The van der Waals surface area contributed by atoms with E-state index in [0.29, 0.717) is 24.0 Å². The number of aliphatic carboxylic acids is 1. The zero-order valence-electron chi connectivity index (χ0n) is 15.2. The third-order valence-electron chi connectivity index (χ3n) is 6.30. The summed E-state index contributed by atoms with van der Waals surface area (Å²) in [4.78, 5) is 27.0. The summed E-state index contributed by atoms with van der Waals surface area (Å²) in [7, 11) is 0. The molecule has 0 saturated carbocycles. The van der Waals surface area contributed by atoms with Crippen molar-refractivity contribution in [3.05, 3.63) is 59.9 Å². The maximum Gasteiger partial charge on any atom is 0.311 e. The van der Waals surface area contributed by atoms with E-state index in [-0.39, 0.29) is 23.8 Å². The zero-order valence-corrected chi connectivity index (χ0v) is 15.2. The molecule has 0 aliphatic carbocycles. The van der Waals surface area contributed by atoms with Crippen LogP contribution in [0, 0.1) is 11.2 Å². The second-order valence-electron chi connectivity index (χ2n) is 7.57. The summed E-state index contributed by atoms with van der Waals surface area (Å²) in [6.45, 7) is 1.89. The molecule has 2 aliphatic heterocycles. The first kappa shape index (κ1) is 17.7. The highest BCUT2D eigenvalue weighted by Gasteiger charge is 2.60. The van der Waals surface area contributed by atoms with Gasteiger partial charge in [0, 0.05) is 17.6 Å². The van der Waals surface area contributed by atoms with E-state index in [1.165, 1.54) is 12.1 Å². The fourth-order valence-corrected chi connectivity index (χ4v) is 4.90. The molecule has 2 aliphatic rings. The number of carbonyl (C=O) groups excluding carboxylic acids is 1. The summed E-state index contributed by atoms with van der Waals surface area (Å²) in [5.41, 5.74) is 1.17. The van der Waals surface area contributed by atoms with Gasteiger partial charge < -0.3 is 10.0 Å². The monoisotopic (exact) mass is 367 g/mol. The summed E-state index contributed by atoms with van der Waals surface area (Å²) in [6.07, 6.45) is 2.64. The Kier molecular flexibility index (Phi) is 4.25. The number of rotatable bonds is 4. The Morgan fingerprint density at radius 3 is 2.48 bits per heavy atom. The first-order valence-electron chi connectivity index (χ1n) is 9.38. The number of carbonyl (C=O) groups is 2. The van der Waals surface area contributed by atoms with Crippen LogP contribution in [-0.2, 0) is 4.79 Å². The van der Waals surface area contributed by atoms with Crippen molar-refractivity contribution < 1.29 is 19.1 Å². The third kappa shape index (κ3) is 2.73. The number of fused-ring (bicyclic) bond motifs is 2. The van der Waals surface area contributed by atoms with Crippen molar-refractivity contribution >= 4 is 11.9 Å². The van der Waals surface area contributed by atoms with Crippen LogP contribution in [0.5, 0.6) is 0 Å². The van der Waals surface area contributed by atoms with E-state index in [2.05, 4.69) is 0 Å². The van der Waals surface area contributed by atoms with Gasteiger partial charge in [0.15, 0.2) is 0 Å². The van der Waals surface area contributed by atoms with E-state index in [0.717, 1.165) is 18.4 Å². The number of halogens is 1. The van der Waals surface area contributed by atoms with Crippen molar-refractivity contribution in [1.82, 2.24) is 4.90 Å². The molecule has 2 fully saturated rings. The summed E-state index contributed by atoms with van der Waals surface area (Å²) < 4.78 is 13.5. The van der Waals surface area contributed by atoms with Crippen LogP contribution >= 0.6 is 0 Å². The van der Waals surface area contributed by atoms with Crippen LogP contribution in [-0.4, -0.2) is 34.0 Å². The molecule has 5 heteroatoms. The second kappa shape index (κ2) is 6.48. The second-order valence-corrected chi connectivity index (χ2v) is 7.57. The minimum atomic E-state index is -0.835. The molecule has 4 nitrogen and oxygen atoms in total. The zero-order chi connectivity index (χ0) is 19.2. The number of hydrogen-bond donors (Lipinski definition) is 1. The van der Waals surface area contributed by atoms with E-state index < -0.39 is 11.4 Å². The normalized spacial score (nSPS) is 26.4. The first-order chi connectivity index (χ1) is 13.0. The smallest absolute Gasteiger partial charge is 0.311 e. The van der Waals surface area contributed by atoms with Crippen molar-refractivity contribution in [2.75, 3.05) is 0 Å². The predicted octanol–water partition coefficient (Wildman–Crippen LogP) is 4.35. The van der Waals surface area contributed by atoms with E-state index >= 15 is 0 Å². The molecule has 4 rings (SSSR count). The SMILES string of the molecule is CC[C@@]1(C(=O)O)C[C@@H]2CC[C@H]1N2C(=O)c1cccc(-c2cccc(F)c2)c1. The molecule has 140 valence electrons. The maximum atomic E-state index is 13.5. The lowest BCUT2D eigenvalue weighted by Crippen LogP contribution is -2.44. The number of carboxylic acids is 1. The number of hydrogen-bond acceptors (Lipinski definition) is 2. The van der Waals surface area contributed by atoms with E-state index in [1.807, 2.05) is 13.0 Å². The minimum absolute atomic E-state index is 0.0172. The minimum Gasteiger partial charge on any atom is -0.481 e. The lowest BCUT2D eigenvalue weighted by atomic mass is 9.72. The van der Waals surface area contributed by atoms with Gasteiger partial charge in [0.05, 0.1) is 5.41 Å². The van der Waals surface area contributed by atoms with Gasteiger partial charge in [-0.05, 0) is 61.1 Å². The van der Waals surface area contributed by atoms with E-state index in [1.54, 1.807) is 35.2 Å². The molecule has 0 spiro atoms. The summed E-state index contributed by atoms with van der Waals surface area (Å²) in [5.74, 6) is -1.25. The number of benzene rings is 2. The third-order valence-corrected chi connectivity index (χ3v) is 6.30. The number of nitrogens with zero attached hydrogens (tertiary/aromatic N) is 1. The Labute approximate surface area is 157 Å². The van der Waals surface area contributed by atoms with E-state index in [9.17, 15) is 19.1 Å². The highest BCUT2D eigenvalue weighted by Crippen LogP contribution is 2.52. The van der Waals surface area contributed by atoms with Crippen molar-refractivity contribution in [1.29, 1.82) is 0 Å². The standard InChI is InChI=1S/C22H22FNO3/c1-2-22(21(26)27)13-18-9-10-19(22)24(18)20(25)16-7-3-5-14(11-16)15-6-4-8-17(23)12-15/h3-8,11-12,18-19H,2,9-10,13H2,1H3,(H,26,27)/t18-,19+,22+/m0/s1. The lowest BCUT2D eigenvalue weighted by Gasteiger charge is -2.32. The molecule has 0 radical (unpaired) electrons. The predicted molar refractivity (Wildman–Crippen MR) is 99.8 cm³/mol. The van der Waals surface area contributed by atoms with Gasteiger partial charge in [-0.25, -0.2) is 4.39 Å². The summed E-state index contributed by atoms with van der Waals surface area (Å²) >= 11 is 0. The average Bonchev–Trinajstić information content (AvgIpc) is 3.24. The maximum absolute atomic E-state index is 13.5. The van der Waals surface area contributed by atoms with E-state index in [4.69, 9.17) is 0 Å². The van der Waals surface area contributed by atoms with Crippen molar-refractivity contribution in [2.45, 2.75) is 44.7 Å². The van der Waals surface area contributed by atoms with Gasteiger partial charge in [0.2, 0.25) is 0 Å². The molecule has 0 aromatic heterocycles. The highest BCUT2D eigenvalue weighted by atomic mass is 19.1. The van der Waals surface area contributed by atoms with Crippen LogP contribution < -0.4 is 0 Å². The number of carboxylic acid groups (broad SMARTS) is 1. The van der Waals surface area contributed by atoms with Crippen molar-refractivity contribution in [2.24, 2.45) is 5.41 Å². The largest absolute Gasteiger partial charge is 0.481 e. The van der Waals surface area contributed by atoms with Gasteiger partial charge in [-0.3, -0.25) is 9.59 Å². The topological polar surface area (TPSA) is 57.6 Å². The molecule has 3 atom stereocenters. The van der Waals surface area contributed by atoms with Crippen LogP contribution in [0.15, 0.2) is 48.5 Å². The molecule has 2 heterocycles. The van der Waals surface area contributed by atoms with Crippen LogP contribution in [0.4, 0.5) is 4.39 Å². The van der Waals surface area contributed by atoms with Gasteiger partial charge in [-0.15, -0.1) is 0 Å². The molecule has 2 aromatic carbocycles. The molecule has 2 saturated heterocycles. The summed E-state index contributed by atoms with van der Waals surface area (Å²) in [6, 6.07) is 13.1. The fourth-order valence-electron chi connectivity index (χ4n) is 4.90. The van der Waals surface area contributed by atoms with Gasteiger partial charge in [-0.1, -0.05) is 31.2 Å². The highest BCUT2D eigenvalue weighted by molar-refractivity contribution is 5.97. The molecule has 0 unspecified atom stereocenters. The first-order valence-corrected chi connectivity index (χ1v) is 9.38. The Morgan fingerprint density at radius 1 is 1.15 bits per heavy atom. The summed E-state index contributed by atoms with van der Waals surface area (Å²) in [5, 5.41) is 9.80. The molecular weight excluding hydrogens is 345 g/mol. The van der Waals surface area contributed by atoms with Gasteiger partial charge >= 0.3 is 5.97 Å². The van der Waals surface area contributed by atoms with Gasteiger partial charge in [0.25, 0.3) is 5.91 Å². The van der Waals surface area contributed by atoms with Crippen LogP contribution in [0.3, 0.4) is 0 Å². The van der Waals surface area contributed by atoms with Gasteiger partial charge in [-0.2, -0.15) is 0 Å². The fraction of sp³-hybridized carbons (Fsp3) is 0.364. The Hall–Kier alpha value is -2.69. The molecular formula is C22H22FNO3. The van der Waals surface area contributed by atoms with Gasteiger partial charge in [0.1, 0.15) is 5.82 Å². The molecule has 2 bridgehead atoms. The lowest BCUT2D eigenvalue weighted by molar-refractivity contribution is -0.151. The Morgan fingerprint density at radius 2 is 1.85 bits per heavy atom. The quantitative estimate of drug-likeness (QED) is 0.874. The Bertz CT molecular complexity index is 912. The number of amides is 1. The van der Waals surface area contributed by atoms with Crippen LogP contribution in [0.25, 0.3) is 11.1 Å².